The Morgan fingerprint density at radius 2 is 1.79 bits per heavy atom. The summed E-state index contributed by atoms with van der Waals surface area (Å²) in [5.74, 6) is -1.91. The zero-order valence-electron chi connectivity index (χ0n) is 7.65. The van der Waals surface area contributed by atoms with Crippen molar-refractivity contribution in [2.24, 2.45) is 0 Å². The normalized spacial score (nSPS) is 26.0. The average molecular weight is 201 g/mol. The molecular weight excluding hydrogens is 191 g/mol. The highest BCUT2D eigenvalue weighted by Gasteiger charge is 2.25. The SMILES string of the molecule is CC1NCC(F)c2cc(F)c(F)cc21. The molecule has 0 aromatic heterocycles. The van der Waals surface area contributed by atoms with Gasteiger partial charge in [-0.15, -0.1) is 0 Å². The van der Waals surface area contributed by atoms with Crippen molar-refractivity contribution in [3.8, 4) is 0 Å². The first-order valence-corrected chi connectivity index (χ1v) is 4.46. The molecule has 0 aliphatic carbocycles. The second-order valence-electron chi connectivity index (χ2n) is 3.49. The highest BCUT2D eigenvalue weighted by Crippen LogP contribution is 2.32. The van der Waals surface area contributed by atoms with Gasteiger partial charge in [-0.1, -0.05) is 0 Å². The van der Waals surface area contributed by atoms with Gasteiger partial charge in [0.25, 0.3) is 0 Å². The van der Waals surface area contributed by atoms with Crippen LogP contribution in [0.25, 0.3) is 0 Å². The number of nitrogens with one attached hydrogen (secondary N) is 1. The zero-order valence-corrected chi connectivity index (χ0v) is 7.65. The van der Waals surface area contributed by atoms with Crippen molar-refractivity contribution >= 4 is 0 Å². The van der Waals surface area contributed by atoms with Gasteiger partial charge in [0.2, 0.25) is 0 Å². The minimum absolute atomic E-state index is 0.132. The Kier molecular flexibility index (Phi) is 2.23. The lowest BCUT2D eigenvalue weighted by Gasteiger charge is -2.26. The molecule has 1 aromatic rings. The number of alkyl halides is 1. The Hall–Kier alpha value is -1.03. The van der Waals surface area contributed by atoms with Crippen molar-refractivity contribution < 1.29 is 13.2 Å². The smallest absolute Gasteiger partial charge is 0.159 e. The molecule has 0 amide bonds. The fourth-order valence-corrected chi connectivity index (χ4v) is 1.72. The van der Waals surface area contributed by atoms with Crippen LogP contribution in [-0.2, 0) is 0 Å². The number of hydrogen-bond donors (Lipinski definition) is 1. The quantitative estimate of drug-likeness (QED) is 0.680. The fourth-order valence-electron chi connectivity index (χ4n) is 1.72. The van der Waals surface area contributed by atoms with Crippen molar-refractivity contribution in [2.45, 2.75) is 19.1 Å². The zero-order chi connectivity index (χ0) is 10.3. The molecule has 2 rings (SSSR count). The molecular formula is C10H10F3N. The summed E-state index contributed by atoms with van der Waals surface area (Å²) < 4.78 is 39.0. The Morgan fingerprint density at radius 3 is 2.43 bits per heavy atom. The number of benzene rings is 1. The molecule has 0 saturated carbocycles. The molecule has 14 heavy (non-hydrogen) atoms. The number of rotatable bonds is 0. The minimum atomic E-state index is -1.25. The lowest BCUT2D eigenvalue weighted by atomic mass is 9.94. The van der Waals surface area contributed by atoms with Crippen LogP contribution in [0, 0.1) is 11.6 Å². The lowest BCUT2D eigenvalue weighted by Crippen LogP contribution is -2.30. The van der Waals surface area contributed by atoms with Crippen molar-refractivity contribution in [3.63, 3.8) is 0 Å². The third-order valence-corrected chi connectivity index (χ3v) is 2.53. The standard InChI is InChI=1S/C10H10F3N/c1-5-6-2-8(11)9(12)3-7(6)10(13)4-14-5/h2-3,5,10,14H,4H2,1H3. The summed E-state index contributed by atoms with van der Waals surface area (Å²) in [7, 11) is 0. The van der Waals surface area contributed by atoms with E-state index in [2.05, 4.69) is 5.32 Å². The van der Waals surface area contributed by atoms with Gasteiger partial charge in [0.1, 0.15) is 6.17 Å². The van der Waals surface area contributed by atoms with E-state index in [4.69, 9.17) is 0 Å². The second kappa shape index (κ2) is 3.28. The van der Waals surface area contributed by atoms with Crippen LogP contribution in [0.4, 0.5) is 13.2 Å². The van der Waals surface area contributed by atoms with Gasteiger partial charge in [0.05, 0.1) is 0 Å². The van der Waals surface area contributed by atoms with Crippen molar-refractivity contribution in [3.05, 3.63) is 34.9 Å². The monoisotopic (exact) mass is 201 g/mol. The summed E-state index contributed by atoms with van der Waals surface area (Å²) in [6.07, 6.45) is -1.25. The molecule has 0 spiro atoms. The first kappa shape index (κ1) is 9.52. The molecule has 76 valence electrons. The molecule has 1 nitrogen and oxygen atoms in total. The van der Waals surface area contributed by atoms with E-state index in [-0.39, 0.29) is 18.2 Å². The van der Waals surface area contributed by atoms with E-state index < -0.39 is 17.8 Å². The maximum atomic E-state index is 13.3. The van der Waals surface area contributed by atoms with Crippen LogP contribution in [0.2, 0.25) is 0 Å². The summed E-state index contributed by atoms with van der Waals surface area (Å²) in [6, 6.07) is 1.88. The summed E-state index contributed by atoms with van der Waals surface area (Å²) in [4.78, 5) is 0. The van der Waals surface area contributed by atoms with Crippen LogP contribution in [0.5, 0.6) is 0 Å². The van der Waals surface area contributed by atoms with Gasteiger partial charge < -0.3 is 5.32 Å². The summed E-state index contributed by atoms with van der Waals surface area (Å²) in [6.45, 7) is 1.95. The third-order valence-electron chi connectivity index (χ3n) is 2.53. The van der Waals surface area contributed by atoms with E-state index in [1.54, 1.807) is 6.92 Å². The molecule has 4 heteroatoms. The van der Waals surface area contributed by atoms with Gasteiger partial charge in [-0.05, 0) is 30.2 Å². The van der Waals surface area contributed by atoms with Gasteiger partial charge in [0, 0.05) is 12.6 Å². The second-order valence-corrected chi connectivity index (χ2v) is 3.49. The van der Waals surface area contributed by atoms with Gasteiger partial charge >= 0.3 is 0 Å². The van der Waals surface area contributed by atoms with E-state index in [9.17, 15) is 13.2 Å². The van der Waals surface area contributed by atoms with E-state index in [0.717, 1.165) is 12.1 Å². The Morgan fingerprint density at radius 1 is 1.21 bits per heavy atom. The van der Waals surface area contributed by atoms with E-state index in [1.807, 2.05) is 0 Å². The highest BCUT2D eigenvalue weighted by atomic mass is 19.2. The lowest BCUT2D eigenvalue weighted by molar-refractivity contribution is 0.292. The first-order valence-electron chi connectivity index (χ1n) is 4.46. The van der Waals surface area contributed by atoms with Gasteiger partial charge in [-0.3, -0.25) is 0 Å². The van der Waals surface area contributed by atoms with Crippen LogP contribution in [0.3, 0.4) is 0 Å². The molecule has 0 radical (unpaired) electrons. The summed E-state index contributed by atoms with van der Waals surface area (Å²) in [5.41, 5.74) is 0.762. The summed E-state index contributed by atoms with van der Waals surface area (Å²) >= 11 is 0. The van der Waals surface area contributed by atoms with Crippen LogP contribution >= 0.6 is 0 Å². The van der Waals surface area contributed by atoms with Crippen molar-refractivity contribution in [1.29, 1.82) is 0 Å². The average Bonchev–Trinajstić information content (AvgIpc) is 2.15. The Labute approximate surface area is 79.9 Å². The van der Waals surface area contributed by atoms with Crippen molar-refractivity contribution in [2.75, 3.05) is 6.54 Å². The van der Waals surface area contributed by atoms with Crippen LogP contribution in [0.1, 0.15) is 30.3 Å². The van der Waals surface area contributed by atoms with Crippen LogP contribution in [0.15, 0.2) is 12.1 Å². The van der Waals surface area contributed by atoms with E-state index >= 15 is 0 Å². The molecule has 0 fully saturated rings. The molecule has 1 aliphatic heterocycles. The fraction of sp³-hybridized carbons (Fsp3) is 0.400. The van der Waals surface area contributed by atoms with Crippen molar-refractivity contribution in [1.82, 2.24) is 5.32 Å². The Balaban J connectivity index is 2.56. The highest BCUT2D eigenvalue weighted by molar-refractivity contribution is 5.35. The van der Waals surface area contributed by atoms with Gasteiger partial charge in [-0.2, -0.15) is 0 Å². The topological polar surface area (TPSA) is 12.0 Å². The molecule has 1 aromatic carbocycles. The number of hydrogen-bond acceptors (Lipinski definition) is 1. The third kappa shape index (κ3) is 1.39. The largest absolute Gasteiger partial charge is 0.307 e. The molecule has 2 atom stereocenters. The van der Waals surface area contributed by atoms with E-state index in [0.29, 0.717) is 5.56 Å². The van der Waals surface area contributed by atoms with Gasteiger partial charge in [-0.25, -0.2) is 13.2 Å². The maximum absolute atomic E-state index is 13.3. The van der Waals surface area contributed by atoms with Gasteiger partial charge in [0.15, 0.2) is 11.6 Å². The molecule has 0 bridgehead atoms. The maximum Gasteiger partial charge on any atom is 0.159 e. The predicted molar refractivity (Wildman–Crippen MR) is 46.6 cm³/mol. The van der Waals surface area contributed by atoms with Crippen LogP contribution in [-0.4, -0.2) is 6.54 Å². The molecule has 2 unspecified atom stereocenters. The molecule has 1 aliphatic rings. The van der Waals surface area contributed by atoms with E-state index in [1.165, 1.54) is 0 Å². The van der Waals surface area contributed by atoms with Crippen LogP contribution < -0.4 is 5.32 Å². The number of halogens is 3. The predicted octanol–water partition coefficient (Wildman–Crippen LogP) is 2.64. The molecule has 0 saturated heterocycles. The molecule has 1 N–H and O–H groups in total. The number of fused-ring (bicyclic) bond motifs is 1. The Bertz CT molecular complexity index is 330. The first-order chi connectivity index (χ1) is 6.59. The summed E-state index contributed by atoms with van der Waals surface area (Å²) in [5, 5.41) is 2.87. The minimum Gasteiger partial charge on any atom is -0.307 e. The molecule has 1 heterocycles.